The predicted molar refractivity (Wildman–Crippen MR) is 81.5 cm³/mol. The largest absolute Gasteiger partial charge is 0.397 e. The summed E-state index contributed by atoms with van der Waals surface area (Å²) in [6, 6.07) is 3.80. The Bertz CT molecular complexity index is 438. The lowest BCUT2D eigenvalue weighted by atomic mass is 10.0. The number of nitrogens with zero attached hydrogens (tertiary/aromatic N) is 3. The molecule has 0 spiro atoms. The minimum absolute atomic E-state index is 0.282. The molecule has 1 aliphatic heterocycles. The number of nitrogen functional groups attached to an aromatic ring is 1. The van der Waals surface area contributed by atoms with Crippen molar-refractivity contribution in [2.45, 2.75) is 26.7 Å². The standard InChI is InChI=1S/C15H24N4O/c1-3-12(2)10-15(20)19-8-6-18(7-9-19)14-5-4-13(16)11-17-14/h4-5,11-12H,3,6-10,16H2,1-2H3. The molecule has 0 aromatic carbocycles. The highest BCUT2D eigenvalue weighted by molar-refractivity contribution is 5.76. The molecule has 1 atom stereocenters. The molecule has 2 rings (SSSR count). The van der Waals surface area contributed by atoms with E-state index in [2.05, 4.69) is 23.7 Å². The Balaban J connectivity index is 1.86. The number of carbonyl (C=O) groups is 1. The minimum atomic E-state index is 0.282. The van der Waals surface area contributed by atoms with Crippen LogP contribution in [-0.2, 0) is 4.79 Å². The summed E-state index contributed by atoms with van der Waals surface area (Å²) in [6.45, 7) is 7.49. The highest BCUT2D eigenvalue weighted by atomic mass is 16.2. The van der Waals surface area contributed by atoms with Gasteiger partial charge in [0.05, 0.1) is 11.9 Å². The lowest BCUT2D eigenvalue weighted by Crippen LogP contribution is -2.49. The number of hydrogen-bond acceptors (Lipinski definition) is 4. The molecule has 0 aliphatic carbocycles. The van der Waals surface area contributed by atoms with E-state index in [1.54, 1.807) is 6.20 Å². The highest BCUT2D eigenvalue weighted by Gasteiger charge is 2.22. The van der Waals surface area contributed by atoms with Crippen LogP contribution in [0.2, 0.25) is 0 Å². The molecule has 1 aromatic rings. The number of anilines is 2. The lowest BCUT2D eigenvalue weighted by Gasteiger charge is -2.35. The summed E-state index contributed by atoms with van der Waals surface area (Å²) in [5.41, 5.74) is 6.32. The van der Waals surface area contributed by atoms with Crippen molar-refractivity contribution in [3.8, 4) is 0 Å². The van der Waals surface area contributed by atoms with Gasteiger partial charge in [0, 0.05) is 32.6 Å². The zero-order valence-corrected chi connectivity index (χ0v) is 12.4. The van der Waals surface area contributed by atoms with Crippen LogP contribution in [0.5, 0.6) is 0 Å². The van der Waals surface area contributed by atoms with Crippen LogP contribution in [0.25, 0.3) is 0 Å². The summed E-state index contributed by atoms with van der Waals surface area (Å²) >= 11 is 0. The number of carbonyl (C=O) groups excluding carboxylic acids is 1. The molecule has 1 fully saturated rings. The molecule has 1 aliphatic rings. The third kappa shape index (κ3) is 3.62. The van der Waals surface area contributed by atoms with Gasteiger partial charge < -0.3 is 15.5 Å². The average Bonchev–Trinajstić information content (AvgIpc) is 2.48. The van der Waals surface area contributed by atoms with E-state index in [1.165, 1.54) is 0 Å². The van der Waals surface area contributed by atoms with Crippen molar-refractivity contribution in [2.24, 2.45) is 5.92 Å². The second-order valence-electron chi connectivity index (χ2n) is 5.54. The molecule has 110 valence electrons. The fraction of sp³-hybridized carbons (Fsp3) is 0.600. The van der Waals surface area contributed by atoms with Gasteiger partial charge in [0.25, 0.3) is 0 Å². The second-order valence-corrected chi connectivity index (χ2v) is 5.54. The first kappa shape index (κ1) is 14.6. The van der Waals surface area contributed by atoms with Gasteiger partial charge in [-0.1, -0.05) is 20.3 Å². The van der Waals surface area contributed by atoms with E-state index in [0.717, 1.165) is 38.4 Å². The Labute approximate surface area is 120 Å². The molecule has 1 amide bonds. The summed E-state index contributed by atoms with van der Waals surface area (Å²) in [7, 11) is 0. The minimum Gasteiger partial charge on any atom is -0.397 e. The molecule has 5 heteroatoms. The van der Waals surface area contributed by atoms with E-state index in [9.17, 15) is 4.79 Å². The van der Waals surface area contributed by atoms with Gasteiger partial charge in [-0.05, 0) is 18.1 Å². The maximum Gasteiger partial charge on any atom is 0.222 e. The normalized spacial score (nSPS) is 17.1. The lowest BCUT2D eigenvalue weighted by molar-refractivity contribution is -0.132. The monoisotopic (exact) mass is 276 g/mol. The van der Waals surface area contributed by atoms with Crippen LogP contribution < -0.4 is 10.6 Å². The van der Waals surface area contributed by atoms with Gasteiger partial charge in [-0.2, -0.15) is 0 Å². The third-order valence-corrected chi connectivity index (χ3v) is 3.95. The molecule has 0 saturated carbocycles. The van der Waals surface area contributed by atoms with E-state index in [1.807, 2.05) is 17.0 Å². The van der Waals surface area contributed by atoms with Crippen LogP contribution in [-0.4, -0.2) is 42.0 Å². The molecule has 1 saturated heterocycles. The van der Waals surface area contributed by atoms with Gasteiger partial charge in [0.2, 0.25) is 5.91 Å². The van der Waals surface area contributed by atoms with Gasteiger partial charge in [-0.15, -0.1) is 0 Å². The van der Waals surface area contributed by atoms with Crippen molar-refractivity contribution in [1.29, 1.82) is 0 Å². The number of nitrogens with two attached hydrogens (primary N) is 1. The SMILES string of the molecule is CCC(C)CC(=O)N1CCN(c2ccc(N)cn2)CC1. The fourth-order valence-electron chi connectivity index (χ4n) is 2.34. The van der Waals surface area contributed by atoms with E-state index < -0.39 is 0 Å². The molecule has 0 bridgehead atoms. The quantitative estimate of drug-likeness (QED) is 0.910. The first-order valence-corrected chi connectivity index (χ1v) is 7.34. The maximum atomic E-state index is 12.1. The fourth-order valence-corrected chi connectivity index (χ4v) is 2.34. The van der Waals surface area contributed by atoms with Gasteiger partial charge in [0.15, 0.2) is 0 Å². The number of piperazine rings is 1. The summed E-state index contributed by atoms with van der Waals surface area (Å²) in [4.78, 5) is 20.6. The van der Waals surface area contributed by atoms with Gasteiger partial charge >= 0.3 is 0 Å². The first-order valence-electron chi connectivity index (χ1n) is 7.34. The van der Waals surface area contributed by atoms with E-state index in [0.29, 0.717) is 18.0 Å². The molecule has 20 heavy (non-hydrogen) atoms. The number of pyridine rings is 1. The zero-order valence-electron chi connectivity index (χ0n) is 12.4. The van der Waals surface area contributed by atoms with Crippen LogP contribution in [0.4, 0.5) is 11.5 Å². The number of rotatable bonds is 4. The average molecular weight is 276 g/mol. The van der Waals surface area contributed by atoms with E-state index in [-0.39, 0.29) is 5.91 Å². The first-order chi connectivity index (χ1) is 9.60. The topological polar surface area (TPSA) is 62.5 Å². The molecule has 5 nitrogen and oxygen atoms in total. The Morgan fingerprint density at radius 1 is 1.35 bits per heavy atom. The van der Waals surface area contributed by atoms with Crippen molar-refractivity contribution < 1.29 is 4.79 Å². The predicted octanol–water partition coefficient (Wildman–Crippen LogP) is 1.75. The van der Waals surface area contributed by atoms with Crippen LogP contribution in [0.3, 0.4) is 0 Å². The zero-order chi connectivity index (χ0) is 14.5. The molecule has 1 unspecified atom stereocenters. The van der Waals surface area contributed by atoms with Crippen LogP contribution in [0.1, 0.15) is 26.7 Å². The Morgan fingerprint density at radius 2 is 2.05 bits per heavy atom. The Kier molecular flexibility index (Phi) is 4.82. The smallest absolute Gasteiger partial charge is 0.222 e. The number of hydrogen-bond donors (Lipinski definition) is 1. The van der Waals surface area contributed by atoms with Crippen molar-refractivity contribution >= 4 is 17.4 Å². The van der Waals surface area contributed by atoms with Gasteiger partial charge in [-0.25, -0.2) is 4.98 Å². The van der Waals surface area contributed by atoms with Gasteiger partial charge in [0.1, 0.15) is 5.82 Å². The third-order valence-electron chi connectivity index (χ3n) is 3.95. The Morgan fingerprint density at radius 3 is 2.60 bits per heavy atom. The highest BCUT2D eigenvalue weighted by Crippen LogP contribution is 2.16. The van der Waals surface area contributed by atoms with E-state index in [4.69, 9.17) is 5.73 Å². The van der Waals surface area contributed by atoms with Crippen molar-refractivity contribution in [1.82, 2.24) is 9.88 Å². The Hall–Kier alpha value is -1.78. The molecule has 2 N–H and O–H groups in total. The van der Waals surface area contributed by atoms with Crippen LogP contribution in [0.15, 0.2) is 18.3 Å². The maximum absolute atomic E-state index is 12.1. The van der Waals surface area contributed by atoms with Gasteiger partial charge in [-0.3, -0.25) is 4.79 Å². The molecule has 1 aromatic heterocycles. The van der Waals surface area contributed by atoms with Crippen molar-refractivity contribution in [3.63, 3.8) is 0 Å². The summed E-state index contributed by atoms with van der Waals surface area (Å²) in [5, 5.41) is 0. The van der Waals surface area contributed by atoms with Crippen LogP contribution in [0, 0.1) is 5.92 Å². The van der Waals surface area contributed by atoms with E-state index >= 15 is 0 Å². The van der Waals surface area contributed by atoms with Crippen LogP contribution >= 0.6 is 0 Å². The molecular weight excluding hydrogens is 252 g/mol. The number of aromatic nitrogens is 1. The summed E-state index contributed by atoms with van der Waals surface area (Å²) in [5.74, 6) is 1.69. The molecule has 2 heterocycles. The number of amides is 1. The summed E-state index contributed by atoms with van der Waals surface area (Å²) in [6.07, 6.45) is 3.40. The molecular formula is C15H24N4O. The molecule has 0 radical (unpaired) electrons. The second kappa shape index (κ2) is 6.59. The summed E-state index contributed by atoms with van der Waals surface area (Å²) < 4.78 is 0. The van der Waals surface area contributed by atoms with Crippen molar-refractivity contribution in [2.75, 3.05) is 36.8 Å². The van der Waals surface area contributed by atoms with Crippen molar-refractivity contribution in [3.05, 3.63) is 18.3 Å².